The van der Waals surface area contributed by atoms with Crippen LogP contribution in [0.4, 0.5) is 0 Å². The van der Waals surface area contributed by atoms with Gasteiger partial charge in [-0.15, -0.1) is 0 Å². The zero-order chi connectivity index (χ0) is 44.6. The molecular weight excluding hydrogens is 803 g/mol. The predicted molar refractivity (Wildman–Crippen MR) is 248 cm³/mol. The molecule has 9 rings (SSSR count). The number of nitrogens with one attached hydrogen (secondary N) is 2. The lowest BCUT2D eigenvalue weighted by Gasteiger charge is -2.49. The molecule has 340 valence electrons. The summed E-state index contributed by atoms with van der Waals surface area (Å²) in [6.45, 7) is 1.50. The van der Waals surface area contributed by atoms with Crippen molar-refractivity contribution < 1.29 is 34.8 Å². The molecule has 10 heteroatoms. The lowest BCUT2D eigenvalue weighted by molar-refractivity contribution is -0.135. The average molecular weight is 870 g/mol. The number of fused-ring (bicyclic) bond motifs is 3. The smallest absolute Gasteiger partial charge is 0.160 e. The molecule has 3 saturated carbocycles. The highest BCUT2D eigenvalue weighted by Gasteiger charge is 2.51. The second kappa shape index (κ2) is 18.7. The topological polar surface area (TPSA) is 174 Å². The number of hydrogen-bond acceptors (Lipinski definition) is 10. The third kappa shape index (κ3) is 8.98. The third-order valence-electron chi connectivity index (χ3n) is 16.6. The molecule has 1 spiro atoms. The van der Waals surface area contributed by atoms with Crippen LogP contribution < -0.4 is 21.1 Å². The van der Waals surface area contributed by atoms with E-state index >= 15 is 0 Å². The minimum Gasteiger partial charge on any atom is -0.504 e. The highest BCUT2D eigenvalue weighted by molar-refractivity contribution is 5.89. The Bertz CT molecular complexity index is 2360. The van der Waals surface area contributed by atoms with E-state index < -0.39 is 29.6 Å². The number of methoxy groups -OCH3 is 1. The number of piperidine rings is 1. The Balaban J connectivity index is 0.965. The second-order valence-electron chi connectivity index (χ2n) is 20.3. The van der Waals surface area contributed by atoms with Crippen molar-refractivity contribution in [3.05, 3.63) is 94.8 Å². The summed E-state index contributed by atoms with van der Waals surface area (Å²) in [6.07, 6.45) is 12.6. The number of carbonyl (C=O) groups is 2. The zero-order valence-electron chi connectivity index (χ0n) is 37.4. The van der Waals surface area contributed by atoms with E-state index in [4.69, 9.17) is 10.5 Å². The van der Waals surface area contributed by atoms with Gasteiger partial charge in [0.2, 0.25) is 0 Å². The Morgan fingerprint density at radius 2 is 1.77 bits per heavy atom. The number of nitrogens with two attached hydrogens (primary N) is 1. The number of carbonyl (C=O) groups excluding carboxylic acids is 2. The van der Waals surface area contributed by atoms with Gasteiger partial charge in [0, 0.05) is 43.7 Å². The molecule has 2 aliphatic heterocycles. The number of aliphatic hydroxyl groups is 3. The summed E-state index contributed by atoms with van der Waals surface area (Å²) in [6, 6.07) is 18.1. The minimum absolute atomic E-state index is 0.0485. The van der Waals surface area contributed by atoms with E-state index in [1.807, 2.05) is 18.2 Å². The van der Waals surface area contributed by atoms with Crippen molar-refractivity contribution in [2.45, 2.75) is 139 Å². The quantitative estimate of drug-likeness (QED) is 0.0976. The van der Waals surface area contributed by atoms with Crippen molar-refractivity contribution in [1.29, 1.82) is 0 Å². The molecule has 1 saturated heterocycles. The van der Waals surface area contributed by atoms with Crippen LogP contribution in [0.3, 0.4) is 0 Å². The molecule has 10 atom stereocenters. The first-order chi connectivity index (χ1) is 30.9. The Morgan fingerprint density at radius 1 is 0.953 bits per heavy atom. The van der Waals surface area contributed by atoms with Crippen LogP contribution in [0.2, 0.25) is 0 Å². The number of ether oxygens (including phenoxy) is 1. The molecule has 10 unspecified atom stereocenters. The van der Waals surface area contributed by atoms with Gasteiger partial charge in [-0.1, -0.05) is 73.2 Å². The summed E-state index contributed by atoms with van der Waals surface area (Å²) in [7, 11) is 1.49. The molecule has 3 aromatic carbocycles. The second-order valence-corrected chi connectivity index (χ2v) is 20.3. The lowest BCUT2D eigenvalue weighted by Crippen LogP contribution is -2.53. The third-order valence-corrected chi connectivity index (χ3v) is 16.6. The number of dihydropyridines is 1. The number of allylic oxidation sites excluding steroid dienone is 2. The van der Waals surface area contributed by atoms with Gasteiger partial charge in [-0.2, -0.15) is 0 Å². The Hall–Kier alpha value is -4.66. The summed E-state index contributed by atoms with van der Waals surface area (Å²) in [5, 5.41) is 56.4. The molecule has 4 aliphatic carbocycles. The molecule has 6 aliphatic rings. The number of phenolic OH excluding ortho intramolecular Hbond substituents is 1. The summed E-state index contributed by atoms with van der Waals surface area (Å²) >= 11 is 0. The predicted octanol–water partition coefficient (Wildman–Crippen LogP) is 7.22. The zero-order valence-corrected chi connectivity index (χ0v) is 37.4. The fourth-order valence-electron chi connectivity index (χ4n) is 13.0. The van der Waals surface area contributed by atoms with Crippen molar-refractivity contribution in [3.8, 4) is 23.3 Å². The molecule has 8 N–H and O–H groups in total. The fourth-order valence-corrected chi connectivity index (χ4v) is 13.0. The van der Waals surface area contributed by atoms with Gasteiger partial charge in [0.1, 0.15) is 11.2 Å². The van der Waals surface area contributed by atoms with Gasteiger partial charge >= 0.3 is 0 Å². The first-order valence-electron chi connectivity index (χ1n) is 24.1. The molecule has 2 heterocycles. The Morgan fingerprint density at radius 3 is 2.55 bits per heavy atom. The average Bonchev–Trinajstić information content (AvgIpc) is 3.79. The number of aliphatic hydroxyl groups excluding tert-OH is 3. The van der Waals surface area contributed by atoms with E-state index in [-0.39, 0.29) is 53.8 Å². The van der Waals surface area contributed by atoms with Crippen LogP contribution in [0.1, 0.15) is 125 Å². The van der Waals surface area contributed by atoms with E-state index in [1.54, 1.807) is 12.1 Å². The maximum absolute atomic E-state index is 14.5. The number of ketones is 2. The van der Waals surface area contributed by atoms with Crippen LogP contribution in [-0.2, 0) is 16.0 Å². The van der Waals surface area contributed by atoms with Gasteiger partial charge in [0.15, 0.2) is 17.3 Å². The summed E-state index contributed by atoms with van der Waals surface area (Å²) < 4.78 is 5.51. The summed E-state index contributed by atoms with van der Waals surface area (Å²) in [4.78, 5) is 26.8. The number of phenols is 1. The van der Waals surface area contributed by atoms with Gasteiger partial charge in [-0.3, -0.25) is 9.59 Å². The highest BCUT2D eigenvalue weighted by Crippen LogP contribution is 2.55. The lowest BCUT2D eigenvalue weighted by atomic mass is 9.58. The standard InChI is InChI=1S/C54H67N3O7/c1-64-49-26-37-11-13-50(62)54(19-14-33(22-51(54)63)31-53(17-4-5-18-53)41-24-40-10-12-42(58)28-45(40)57-32-41)20-15-38(44(37)30-48(49)61)25-46(59)47(60)29-43(39-16-21-56-52(55)27-39)36-9-8-34-6-2-3-7-35(34)23-36/h2-3,6-9,16,23,26-27,30,33,38,40-41,43,45-47,51,56-57,59-61,63H,4-5,10-14,17-19,21-22,24-25,28-29,31-32,55H2,1H3. The van der Waals surface area contributed by atoms with E-state index in [0.29, 0.717) is 73.7 Å². The summed E-state index contributed by atoms with van der Waals surface area (Å²) in [5.74, 6) is 8.33. The van der Waals surface area contributed by atoms with E-state index in [1.165, 1.54) is 39.2 Å². The molecule has 10 nitrogen and oxygen atoms in total. The summed E-state index contributed by atoms with van der Waals surface area (Å²) in [5.41, 5.74) is 8.62. The van der Waals surface area contributed by atoms with Gasteiger partial charge in [-0.25, -0.2) is 0 Å². The molecule has 0 aromatic heterocycles. The number of aryl methyl sites for hydroxylation is 1. The van der Waals surface area contributed by atoms with Crippen molar-refractivity contribution in [3.63, 3.8) is 0 Å². The van der Waals surface area contributed by atoms with Crippen molar-refractivity contribution in [2.75, 3.05) is 20.2 Å². The molecular formula is C54H67N3O7. The highest BCUT2D eigenvalue weighted by atomic mass is 16.5. The first-order valence-corrected chi connectivity index (χ1v) is 24.1. The molecule has 3 aromatic rings. The molecule has 0 amide bonds. The molecule has 4 fully saturated rings. The first kappa shape index (κ1) is 44.5. The van der Waals surface area contributed by atoms with Crippen molar-refractivity contribution in [1.82, 2.24) is 10.6 Å². The normalized spacial score (nSPS) is 30.5. The SMILES string of the molecule is COc1cc2c(cc1O)C(CC(O)C(O)CC(C1=CCNC(N)=C1)c1ccc3ccccc3c1)C#CC1(CCC(CC3(C4CNC5CC(=O)CCC5C4)CCCC3)CC1O)C(=O)CC2. The fraction of sp³-hybridized carbons (Fsp3) is 0.556. The number of hydrogen-bond donors (Lipinski definition) is 7. The number of benzene rings is 3. The minimum atomic E-state index is -1.25. The Kier molecular flexibility index (Phi) is 13.0. The van der Waals surface area contributed by atoms with Gasteiger partial charge in [0.05, 0.1) is 31.2 Å². The molecule has 0 radical (unpaired) electrons. The number of aromatic hydroxyl groups is 1. The number of Topliss-reactive ketones (excluding diaryl/α,β-unsaturated/α-hetero) is 2. The Labute approximate surface area is 378 Å². The molecule has 64 heavy (non-hydrogen) atoms. The monoisotopic (exact) mass is 869 g/mol. The molecule has 0 bridgehead atoms. The van der Waals surface area contributed by atoms with E-state index in [9.17, 15) is 30.0 Å². The number of rotatable bonds is 11. The van der Waals surface area contributed by atoms with Crippen LogP contribution >= 0.6 is 0 Å². The maximum atomic E-state index is 14.5. The maximum Gasteiger partial charge on any atom is 0.160 e. The van der Waals surface area contributed by atoms with E-state index in [2.05, 4.69) is 58.9 Å². The van der Waals surface area contributed by atoms with Crippen LogP contribution in [0.5, 0.6) is 11.5 Å². The van der Waals surface area contributed by atoms with Crippen LogP contribution in [0.25, 0.3) is 10.8 Å². The largest absolute Gasteiger partial charge is 0.504 e. The van der Waals surface area contributed by atoms with E-state index in [0.717, 1.165) is 53.3 Å². The van der Waals surface area contributed by atoms with Gasteiger partial charge in [-0.05, 0) is 152 Å². The van der Waals surface area contributed by atoms with Gasteiger partial charge < -0.3 is 41.5 Å². The van der Waals surface area contributed by atoms with Crippen LogP contribution in [-0.4, -0.2) is 76.5 Å². The van der Waals surface area contributed by atoms with Crippen LogP contribution in [0, 0.1) is 40.4 Å². The van der Waals surface area contributed by atoms with Crippen molar-refractivity contribution >= 4 is 22.3 Å². The van der Waals surface area contributed by atoms with Crippen molar-refractivity contribution in [2.24, 2.45) is 34.3 Å². The van der Waals surface area contributed by atoms with Crippen LogP contribution in [0.15, 0.2) is 78.1 Å². The van der Waals surface area contributed by atoms with Gasteiger partial charge in [0.25, 0.3) is 0 Å².